The minimum Gasteiger partial charge on any atom is -0.376 e. The molecule has 102 valence electrons. The number of hydrogen-bond donors (Lipinski definition) is 1. The van der Waals surface area contributed by atoms with Crippen LogP contribution in [0.2, 0.25) is 0 Å². The molecule has 1 unspecified atom stereocenters. The molecule has 0 amide bonds. The number of hydrogen-bond acceptors (Lipinski definition) is 2. The van der Waals surface area contributed by atoms with Crippen molar-refractivity contribution >= 4 is 5.69 Å². The number of benzene rings is 1. The first-order valence-electron chi connectivity index (χ1n) is 7.06. The lowest BCUT2D eigenvalue weighted by molar-refractivity contribution is 0.532. The Hall–Kier alpha value is -1.77. The van der Waals surface area contributed by atoms with Crippen molar-refractivity contribution in [2.45, 2.75) is 45.7 Å². The molecular weight excluding hydrogens is 234 g/mol. The highest BCUT2D eigenvalue weighted by atomic mass is 15.3. The van der Waals surface area contributed by atoms with E-state index in [1.165, 1.54) is 5.56 Å². The molecular formula is C16H23N3. The molecule has 3 nitrogen and oxygen atoms in total. The smallest absolute Gasteiger partial charge is 0.0731 e. The van der Waals surface area contributed by atoms with Crippen LogP contribution in [0.15, 0.2) is 42.7 Å². The molecule has 2 rings (SSSR count). The highest BCUT2D eigenvalue weighted by Gasteiger charge is 2.11. The Morgan fingerprint density at radius 2 is 1.95 bits per heavy atom. The maximum atomic E-state index is 4.38. The van der Waals surface area contributed by atoms with E-state index in [1.54, 1.807) is 0 Å². The first-order valence-corrected chi connectivity index (χ1v) is 7.06. The summed E-state index contributed by atoms with van der Waals surface area (Å²) in [7, 11) is 0. The SMILES string of the molecule is CCCC(Nc1cnn(C(C)C)c1)c1ccccc1. The van der Waals surface area contributed by atoms with Gasteiger partial charge in [0.25, 0.3) is 0 Å². The summed E-state index contributed by atoms with van der Waals surface area (Å²) in [6.07, 6.45) is 6.27. The first kappa shape index (κ1) is 13.7. The van der Waals surface area contributed by atoms with Gasteiger partial charge in [0.1, 0.15) is 0 Å². The fourth-order valence-electron chi connectivity index (χ4n) is 2.19. The van der Waals surface area contributed by atoms with Crippen molar-refractivity contribution in [1.29, 1.82) is 0 Å². The molecule has 0 spiro atoms. The van der Waals surface area contributed by atoms with Gasteiger partial charge in [0.15, 0.2) is 0 Å². The third-order valence-electron chi connectivity index (χ3n) is 3.25. The minimum atomic E-state index is 0.357. The van der Waals surface area contributed by atoms with E-state index in [0.717, 1.165) is 18.5 Å². The molecule has 3 heteroatoms. The monoisotopic (exact) mass is 257 g/mol. The summed E-state index contributed by atoms with van der Waals surface area (Å²) in [5, 5.41) is 7.96. The number of aromatic nitrogens is 2. The van der Waals surface area contributed by atoms with E-state index < -0.39 is 0 Å². The van der Waals surface area contributed by atoms with Crippen LogP contribution >= 0.6 is 0 Å². The minimum absolute atomic E-state index is 0.357. The van der Waals surface area contributed by atoms with E-state index in [0.29, 0.717) is 12.1 Å². The van der Waals surface area contributed by atoms with Crippen LogP contribution in [-0.4, -0.2) is 9.78 Å². The van der Waals surface area contributed by atoms with E-state index in [1.807, 2.05) is 10.9 Å². The molecule has 0 aliphatic rings. The van der Waals surface area contributed by atoms with Gasteiger partial charge in [0, 0.05) is 12.2 Å². The molecule has 1 atom stereocenters. The predicted molar refractivity (Wildman–Crippen MR) is 80.3 cm³/mol. The standard InChI is InChI=1S/C16H23N3/c1-4-8-16(14-9-6-5-7-10-14)18-15-11-17-19(12-15)13(2)3/h5-7,9-13,16,18H,4,8H2,1-3H3. The average molecular weight is 257 g/mol. The van der Waals surface area contributed by atoms with Crippen LogP contribution in [0.4, 0.5) is 5.69 Å². The van der Waals surface area contributed by atoms with Gasteiger partial charge in [-0.05, 0) is 25.8 Å². The summed E-state index contributed by atoms with van der Waals surface area (Å²) < 4.78 is 1.98. The molecule has 0 aliphatic carbocycles. The Morgan fingerprint density at radius 3 is 2.53 bits per heavy atom. The Balaban J connectivity index is 2.12. The Labute approximate surface area is 115 Å². The fraction of sp³-hybridized carbons (Fsp3) is 0.438. The normalized spacial score (nSPS) is 12.6. The van der Waals surface area contributed by atoms with Gasteiger partial charge in [-0.15, -0.1) is 0 Å². The van der Waals surface area contributed by atoms with E-state index >= 15 is 0 Å². The summed E-state index contributed by atoms with van der Waals surface area (Å²) in [6, 6.07) is 11.4. The van der Waals surface area contributed by atoms with Crippen molar-refractivity contribution in [3.63, 3.8) is 0 Å². The van der Waals surface area contributed by atoms with Crippen molar-refractivity contribution in [1.82, 2.24) is 9.78 Å². The van der Waals surface area contributed by atoms with Crippen LogP contribution in [0.5, 0.6) is 0 Å². The highest BCUT2D eigenvalue weighted by molar-refractivity contribution is 5.41. The van der Waals surface area contributed by atoms with E-state index in [9.17, 15) is 0 Å². The molecule has 0 saturated carbocycles. The van der Waals surface area contributed by atoms with Crippen molar-refractivity contribution in [2.75, 3.05) is 5.32 Å². The van der Waals surface area contributed by atoms with Gasteiger partial charge in [-0.1, -0.05) is 43.7 Å². The van der Waals surface area contributed by atoms with Crippen LogP contribution in [0.25, 0.3) is 0 Å². The summed E-state index contributed by atoms with van der Waals surface area (Å²) in [4.78, 5) is 0. The van der Waals surface area contributed by atoms with E-state index in [4.69, 9.17) is 0 Å². The van der Waals surface area contributed by atoms with Crippen molar-refractivity contribution in [3.8, 4) is 0 Å². The van der Waals surface area contributed by atoms with Crippen LogP contribution in [0.3, 0.4) is 0 Å². The highest BCUT2D eigenvalue weighted by Crippen LogP contribution is 2.24. The van der Waals surface area contributed by atoms with Gasteiger partial charge < -0.3 is 5.32 Å². The van der Waals surface area contributed by atoms with Gasteiger partial charge in [-0.25, -0.2) is 0 Å². The zero-order valence-electron chi connectivity index (χ0n) is 12.0. The summed E-state index contributed by atoms with van der Waals surface area (Å²) in [6.45, 7) is 6.49. The summed E-state index contributed by atoms with van der Waals surface area (Å²) >= 11 is 0. The average Bonchev–Trinajstić information content (AvgIpc) is 2.88. The molecule has 0 fully saturated rings. The van der Waals surface area contributed by atoms with Gasteiger partial charge in [-0.3, -0.25) is 4.68 Å². The van der Waals surface area contributed by atoms with E-state index in [-0.39, 0.29) is 0 Å². The quantitative estimate of drug-likeness (QED) is 0.830. The molecule has 0 aliphatic heterocycles. The van der Waals surface area contributed by atoms with E-state index in [2.05, 4.69) is 67.7 Å². The zero-order chi connectivity index (χ0) is 13.7. The lowest BCUT2D eigenvalue weighted by Gasteiger charge is -2.18. The number of nitrogens with one attached hydrogen (secondary N) is 1. The molecule has 0 bridgehead atoms. The van der Waals surface area contributed by atoms with Gasteiger partial charge >= 0.3 is 0 Å². The third kappa shape index (κ3) is 3.60. The Bertz CT molecular complexity index is 488. The molecule has 1 N–H and O–H groups in total. The first-order chi connectivity index (χ1) is 9.20. The van der Waals surface area contributed by atoms with Gasteiger partial charge in [0.05, 0.1) is 17.9 Å². The third-order valence-corrected chi connectivity index (χ3v) is 3.25. The second kappa shape index (κ2) is 6.41. The molecule has 0 radical (unpaired) electrons. The Kier molecular flexibility index (Phi) is 4.61. The molecule has 2 aromatic rings. The molecule has 0 saturated heterocycles. The molecule has 19 heavy (non-hydrogen) atoms. The van der Waals surface area contributed by atoms with Crippen LogP contribution < -0.4 is 5.32 Å². The lowest BCUT2D eigenvalue weighted by atomic mass is 10.0. The number of rotatable bonds is 6. The van der Waals surface area contributed by atoms with Crippen LogP contribution in [0.1, 0.15) is 51.3 Å². The predicted octanol–water partition coefficient (Wildman–Crippen LogP) is 4.42. The lowest BCUT2D eigenvalue weighted by Crippen LogP contribution is -2.10. The number of anilines is 1. The zero-order valence-corrected chi connectivity index (χ0v) is 12.0. The van der Waals surface area contributed by atoms with Crippen molar-refractivity contribution in [3.05, 3.63) is 48.3 Å². The maximum Gasteiger partial charge on any atom is 0.0731 e. The van der Waals surface area contributed by atoms with Crippen molar-refractivity contribution < 1.29 is 0 Å². The second-order valence-corrected chi connectivity index (χ2v) is 5.20. The maximum absolute atomic E-state index is 4.38. The van der Waals surface area contributed by atoms with Crippen LogP contribution in [-0.2, 0) is 0 Å². The molecule has 1 aromatic carbocycles. The Morgan fingerprint density at radius 1 is 1.21 bits per heavy atom. The van der Waals surface area contributed by atoms with Gasteiger partial charge in [-0.2, -0.15) is 5.10 Å². The number of nitrogens with zero attached hydrogens (tertiary/aromatic N) is 2. The largest absolute Gasteiger partial charge is 0.376 e. The van der Waals surface area contributed by atoms with Gasteiger partial charge in [0.2, 0.25) is 0 Å². The summed E-state index contributed by atoms with van der Waals surface area (Å²) in [5.74, 6) is 0. The molecule has 1 aromatic heterocycles. The second-order valence-electron chi connectivity index (χ2n) is 5.20. The molecule has 1 heterocycles. The summed E-state index contributed by atoms with van der Waals surface area (Å²) in [5.41, 5.74) is 2.43. The van der Waals surface area contributed by atoms with Crippen LogP contribution in [0, 0.1) is 0 Å². The topological polar surface area (TPSA) is 29.9 Å². The fourth-order valence-corrected chi connectivity index (χ4v) is 2.19. The van der Waals surface area contributed by atoms with Crippen molar-refractivity contribution in [2.24, 2.45) is 0 Å².